The summed E-state index contributed by atoms with van der Waals surface area (Å²) in [6.07, 6.45) is 2.68. The van der Waals surface area contributed by atoms with Crippen molar-refractivity contribution >= 4 is 46.1 Å². The Hall–Kier alpha value is -0.860. The molecule has 2 fully saturated rings. The molecule has 2 aliphatic rings. The van der Waals surface area contributed by atoms with Crippen molar-refractivity contribution < 1.29 is 22.7 Å². The number of amides is 1. The molecular weight excluding hydrogens is 525 g/mol. The molecule has 2 rings (SSSR count). The van der Waals surface area contributed by atoms with Gasteiger partial charge in [0, 0.05) is 45.9 Å². The van der Waals surface area contributed by atoms with Crippen LogP contribution in [0.5, 0.6) is 0 Å². The molecule has 1 unspecified atom stereocenters. The fourth-order valence-corrected chi connectivity index (χ4v) is 4.19. The standard InChI is InChI=1S/C18H35N5O5S.HI/c1-3-19-17(22-9-11-23(12-10-22)18(24)27-4-2)20-8-14-29(25,26)21-15-16-7-5-6-13-28-16;/h16,21H,3-15H2,1-2H3,(H,19,20);1H. The van der Waals surface area contributed by atoms with Crippen molar-refractivity contribution in [1.82, 2.24) is 19.8 Å². The SMILES string of the molecule is CCNC(=NCCS(=O)(=O)NCC1CCCCO1)N1CCN(C(=O)OCC)CC1.I. The Labute approximate surface area is 197 Å². The van der Waals surface area contributed by atoms with Crippen molar-refractivity contribution in [3.05, 3.63) is 0 Å². The van der Waals surface area contributed by atoms with Gasteiger partial charge in [0.05, 0.1) is 25.0 Å². The van der Waals surface area contributed by atoms with E-state index in [1.54, 1.807) is 11.8 Å². The number of hydrogen-bond acceptors (Lipinski definition) is 6. The van der Waals surface area contributed by atoms with Gasteiger partial charge in [0.2, 0.25) is 10.0 Å². The van der Waals surface area contributed by atoms with Crippen LogP contribution in [-0.4, -0.2) is 101 Å². The molecule has 12 heteroatoms. The van der Waals surface area contributed by atoms with E-state index in [0.29, 0.717) is 58.4 Å². The van der Waals surface area contributed by atoms with Crippen LogP contribution >= 0.6 is 24.0 Å². The quantitative estimate of drug-likeness (QED) is 0.257. The summed E-state index contributed by atoms with van der Waals surface area (Å²) in [7, 11) is -3.40. The van der Waals surface area contributed by atoms with Gasteiger partial charge in [-0.1, -0.05) is 0 Å². The van der Waals surface area contributed by atoms with Gasteiger partial charge >= 0.3 is 6.09 Å². The van der Waals surface area contributed by atoms with Crippen LogP contribution < -0.4 is 10.0 Å². The van der Waals surface area contributed by atoms with Crippen LogP contribution in [0.25, 0.3) is 0 Å². The zero-order valence-corrected chi connectivity index (χ0v) is 21.1. The van der Waals surface area contributed by atoms with Gasteiger partial charge in [-0.25, -0.2) is 17.9 Å². The van der Waals surface area contributed by atoms with Crippen LogP contribution in [0, 0.1) is 0 Å². The Balaban J connectivity index is 0.00000450. The van der Waals surface area contributed by atoms with Gasteiger partial charge in [-0.2, -0.15) is 0 Å². The second kappa shape index (κ2) is 14.2. The molecule has 2 heterocycles. The second-order valence-corrected chi connectivity index (χ2v) is 8.99. The summed E-state index contributed by atoms with van der Waals surface area (Å²) in [5.74, 6) is 0.596. The molecular formula is C18H36IN5O5S. The Morgan fingerprint density at radius 2 is 1.87 bits per heavy atom. The first-order valence-electron chi connectivity index (χ1n) is 10.5. The first kappa shape index (κ1) is 27.2. The largest absolute Gasteiger partial charge is 0.450 e. The summed E-state index contributed by atoms with van der Waals surface area (Å²) < 4.78 is 37.7. The van der Waals surface area contributed by atoms with Gasteiger partial charge in [0.1, 0.15) is 0 Å². The average Bonchev–Trinajstić information content (AvgIpc) is 2.73. The number of ether oxygens (including phenoxy) is 2. The minimum absolute atomic E-state index is 0. The van der Waals surface area contributed by atoms with Crippen molar-refractivity contribution in [2.45, 2.75) is 39.2 Å². The summed E-state index contributed by atoms with van der Waals surface area (Å²) in [4.78, 5) is 20.0. The molecule has 176 valence electrons. The van der Waals surface area contributed by atoms with E-state index < -0.39 is 10.0 Å². The number of aliphatic imine (C=N–C) groups is 1. The number of carbonyl (C=O) groups excluding carboxylic acids is 1. The highest BCUT2D eigenvalue weighted by atomic mass is 127. The van der Waals surface area contributed by atoms with E-state index in [1.807, 2.05) is 11.8 Å². The van der Waals surface area contributed by atoms with Gasteiger partial charge in [-0.05, 0) is 33.1 Å². The topological polar surface area (TPSA) is 113 Å². The first-order valence-corrected chi connectivity index (χ1v) is 12.1. The lowest BCUT2D eigenvalue weighted by atomic mass is 10.1. The Kier molecular flexibility index (Phi) is 12.9. The lowest BCUT2D eigenvalue weighted by molar-refractivity contribution is 0.0200. The number of sulfonamides is 1. The first-order chi connectivity index (χ1) is 13.9. The summed E-state index contributed by atoms with van der Waals surface area (Å²) in [6, 6.07) is 0. The highest BCUT2D eigenvalue weighted by molar-refractivity contribution is 14.0. The third kappa shape index (κ3) is 9.52. The fraction of sp³-hybridized carbons (Fsp3) is 0.889. The molecule has 2 N–H and O–H groups in total. The fourth-order valence-electron chi connectivity index (χ4n) is 3.27. The van der Waals surface area contributed by atoms with Crippen LogP contribution in [0.3, 0.4) is 0 Å². The predicted molar refractivity (Wildman–Crippen MR) is 127 cm³/mol. The molecule has 2 aliphatic heterocycles. The smallest absolute Gasteiger partial charge is 0.409 e. The number of rotatable bonds is 8. The number of piperazine rings is 1. The molecule has 0 aliphatic carbocycles. The zero-order chi connectivity index (χ0) is 21.1. The predicted octanol–water partition coefficient (Wildman–Crippen LogP) is 0.833. The number of carbonyl (C=O) groups is 1. The van der Waals surface area contributed by atoms with Crippen LogP contribution in [0.15, 0.2) is 4.99 Å². The van der Waals surface area contributed by atoms with Crippen molar-refractivity contribution in [3.8, 4) is 0 Å². The van der Waals surface area contributed by atoms with Gasteiger partial charge in [-0.3, -0.25) is 4.99 Å². The van der Waals surface area contributed by atoms with Crippen molar-refractivity contribution in [2.24, 2.45) is 4.99 Å². The monoisotopic (exact) mass is 561 g/mol. The Bertz CT molecular complexity index is 635. The zero-order valence-electron chi connectivity index (χ0n) is 18.0. The van der Waals surface area contributed by atoms with E-state index in [9.17, 15) is 13.2 Å². The van der Waals surface area contributed by atoms with Gasteiger partial charge in [0.15, 0.2) is 5.96 Å². The van der Waals surface area contributed by atoms with Gasteiger partial charge in [0.25, 0.3) is 0 Å². The maximum Gasteiger partial charge on any atom is 0.409 e. The van der Waals surface area contributed by atoms with E-state index in [-0.39, 0.29) is 48.5 Å². The number of halogens is 1. The molecule has 0 spiro atoms. The van der Waals surface area contributed by atoms with Gasteiger partial charge in [-0.15, -0.1) is 24.0 Å². The van der Waals surface area contributed by atoms with Gasteiger partial charge < -0.3 is 24.6 Å². The third-order valence-corrected chi connectivity index (χ3v) is 6.19. The summed E-state index contributed by atoms with van der Waals surface area (Å²) in [6.45, 7) is 8.31. The van der Waals surface area contributed by atoms with E-state index in [4.69, 9.17) is 9.47 Å². The third-order valence-electron chi connectivity index (χ3n) is 4.87. The minimum Gasteiger partial charge on any atom is -0.450 e. The maximum atomic E-state index is 12.2. The summed E-state index contributed by atoms with van der Waals surface area (Å²) in [5, 5.41) is 3.20. The molecule has 0 bridgehead atoms. The van der Waals surface area contributed by atoms with E-state index in [1.165, 1.54) is 0 Å². The van der Waals surface area contributed by atoms with Crippen molar-refractivity contribution in [3.63, 3.8) is 0 Å². The molecule has 30 heavy (non-hydrogen) atoms. The molecule has 0 radical (unpaired) electrons. The van der Waals surface area contributed by atoms with Crippen LogP contribution in [0.4, 0.5) is 4.79 Å². The molecule has 0 aromatic carbocycles. The molecule has 1 amide bonds. The molecule has 1 atom stereocenters. The summed E-state index contributed by atoms with van der Waals surface area (Å²) >= 11 is 0. The molecule has 0 aromatic rings. The van der Waals surface area contributed by atoms with Crippen LogP contribution in [0.1, 0.15) is 33.1 Å². The lowest BCUT2D eigenvalue weighted by Crippen LogP contribution is -2.54. The number of hydrogen-bond donors (Lipinski definition) is 2. The molecule has 10 nitrogen and oxygen atoms in total. The normalized spacial score (nSPS) is 20.5. The van der Waals surface area contributed by atoms with E-state index >= 15 is 0 Å². The maximum absolute atomic E-state index is 12.2. The summed E-state index contributed by atoms with van der Waals surface area (Å²) in [5.41, 5.74) is 0. The van der Waals surface area contributed by atoms with Crippen molar-refractivity contribution in [1.29, 1.82) is 0 Å². The van der Waals surface area contributed by atoms with E-state index in [2.05, 4.69) is 15.0 Å². The molecule has 2 saturated heterocycles. The van der Waals surface area contributed by atoms with E-state index in [0.717, 1.165) is 19.3 Å². The Morgan fingerprint density at radius 1 is 1.17 bits per heavy atom. The lowest BCUT2D eigenvalue weighted by Gasteiger charge is -2.35. The number of guanidine groups is 1. The average molecular weight is 561 g/mol. The highest BCUT2D eigenvalue weighted by Crippen LogP contribution is 2.12. The number of nitrogens with zero attached hydrogens (tertiary/aromatic N) is 3. The van der Waals surface area contributed by atoms with Crippen LogP contribution in [-0.2, 0) is 19.5 Å². The highest BCUT2D eigenvalue weighted by Gasteiger charge is 2.24. The molecule has 0 saturated carbocycles. The van der Waals surface area contributed by atoms with Crippen LogP contribution in [0.2, 0.25) is 0 Å². The second-order valence-electron chi connectivity index (χ2n) is 7.06. The van der Waals surface area contributed by atoms with Crippen molar-refractivity contribution in [2.75, 3.05) is 64.8 Å². The molecule has 0 aromatic heterocycles. The Morgan fingerprint density at radius 3 is 2.47 bits per heavy atom. The number of nitrogens with one attached hydrogen (secondary N) is 2. The minimum atomic E-state index is -3.40.